The van der Waals surface area contributed by atoms with Crippen molar-refractivity contribution in [3.8, 4) is 0 Å². The molecule has 23 heavy (non-hydrogen) atoms. The van der Waals surface area contributed by atoms with Crippen LogP contribution in [0.5, 0.6) is 0 Å². The van der Waals surface area contributed by atoms with Crippen molar-refractivity contribution in [2.45, 2.75) is 13.8 Å². The Hall–Kier alpha value is -3.29. The van der Waals surface area contributed by atoms with Gasteiger partial charge in [0.15, 0.2) is 5.78 Å². The summed E-state index contributed by atoms with van der Waals surface area (Å²) in [6, 6.07) is 4.67. The number of carbonyl (C=O) groups excluding carboxylic acids is 3. The average molecular weight is 317 g/mol. The van der Waals surface area contributed by atoms with Crippen LogP contribution in [0.1, 0.15) is 13.8 Å². The monoisotopic (exact) mass is 317 g/mol. The number of anilines is 3. The molecule has 1 heterocycles. The van der Waals surface area contributed by atoms with Crippen LogP contribution in [-0.4, -0.2) is 22.8 Å². The lowest BCUT2D eigenvalue weighted by atomic mass is 10.0. The molecule has 0 unspecified atom stereocenters. The van der Waals surface area contributed by atoms with Crippen molar-refractivity contribution >= 4 is 34.8 Å². The third-order valence-electron chi connectivity index (χ3n) is 3.10. The first kappa shape index (κ1) is 16.1. The number of hydrogen-bond donors (Lipinski definition) is 4. The molecule has 0 saturated heterocycles. The maximum atomic E-state index is 11.9. The van der Waals surface area contributed by atoms with Crippen LogP contribution < -0.4 is 16.8 Å². The van der Waals surface area contributed by atoms with Gasteiger partial charge >= 0.3 is 11.9 Å². The van der Waals surface area contributed by atoms with E-state index in [2.05, 4.69) is 10.1 Å². The van der Waals surface area contributed by atoms with E-state index >= 15 is 0 Å². The maximum absolute atomic E-state index is 11.9. The van der Waals surface area contributed by atoms with Crippen LogP contribution in [0.15, 0.2) is 40.8 Å². The number of aliphatic hydroxyl groups is 1. The quantitative estimate of drug-likeness (QED) is 0.212. The zero-order chi connectivity index (χ0) is 17.3. The molecular weight excluding hydrogens is 302 g/mol. The fraction of sp³-hybridized carbons (Fsp3) is 0.133. The molecule has 1 aromatic rings. The Morgan fingerprint density at radius 1 is 1.09 bits per heavy atom. The summed E-state index contributed by atoms with van der Waals surface area (Å²) in [4.78, 5) is 34.8. The highest BCUT2D eigenvalue weighted by Crippen LogP contribution is 2.27. The summed E-state index contributed by atoms with van der Waals surface area (Å²) in [7, 11) is 0. The van der Waals surface area contributed by atoms with Crippen molar-refractivity contribution in [2.24, 2.45) is 0 Å². The van der Waals surface area contributed by atoms with Crippen molar-refractivity contribution in [1.82, 2.24) is 0 Å². The Morgan fingerprint density at radius 3 is 2.17 bits per heavy atom. The first-order valence-corrected chi connectivity index (χ1v) is 6.55. The van der Waals surface area contributed by atoms with Crippen LogP contribution >= 0.6 is 0 Å². The number of nitrogens with one attached hydrogen (secondary N) is 1. The number of ether oxygens (including phenoxy) is 1. The van der Waals surface area contributed by atoms with Gasteiger partial charge in [-0.1, -0.05) is 0 Å². The van der Waals surface area contributed by atoms with Gasteiger partial charge in [0.25, 0.3) is 0 Å². The first-order valence-electron chi connectivity index (χ1n) is 6.55. The molecule has 1 aliphatic rings. The number of Topliss-reactive ketones (excluding diaryl/α,β-unsaturated/α-hetero) is 1. The second-order valence-corrected chi connectivity index (χ2v) is 4.97. The Balaban J connectivity index is 2.51. The van der Waals surface area contributed by atoms with Crippen LogP contribution in [0, 0.1) is 0 Å². The lowest BCUT2D eigenvalue weighted by Crippen LogP contribution is -2.29. The van der Waals surface area contributed by atoms with E-state index in [-0.39, 0.29) is 11.3 Å². The van der Waals surface area contributed by atoms with E-state index in [0.29, 0.717) is 17.1 Å². The van der Waals surface area contributed by atoms with Gasteiger partial charge in [0.1, 0.15) is 16.9 Å². The van der Waals surface area contributed by atoms with E-state index in [1.54, 1.807) is 18.2 Å². The van der Waals surface area contributed by atoms with Crippen LogP contribution in [0.2, 0.25) is 0 Å². The molecule has 0 atom stereocenters. The van der Waals surface area contributed by atoms with Crippen LogP contribution in [0.4, 0.5) is 17.1 Å². The summed E-state index contributed by atoms with van der Waals surface area (Å²) in [5.74, 6) is -3.66. The smallest absolute Gasteiger partial charge is 0.353 e. The molecule has 0 spiro atoms. The summed E-state index contributed by atoms with van der Waals surface area (Å²) >= 11 is 0. The van der Waals surface area contributed by atoms with Gasteiger partial charge in [0.05, 0.1) is 0 Å². The zero-order valence-corrected chi connectivity index (χ0v) is 12.5. The molecule has 0 saturated carbocycles. The number of cyclic esters (lactones) is 2. The highest BCUT2D eigenvalue weighted by atomic mass is 16.6. The van der Waals surface area contributed by atoms with Gasteiger partial charge < -0.3 is 26.6 Å². The standard InChI is InChI=1S/C15H15N3O5/c1-6(18-10-4-8(16)3-9(17)5-10)11-13(20)12(7(2)19)15(22)23-14(11)21/h3-5,18,20H,16-17H2,1-2H3/b11-6-. The SMILES string of the molecule is CC(=O)C1=C(O)/C(=C(\C)Nc2cc(N)cc(N)c2)C(=O)OC1=O. The molecule has 0 amide bonds. The van der Waals surface area contributed by atoms with Crippen molar-refractivity contribution < 1.29 is 24.2 Å². The van der Waals surface area contributed by atoms with Gasteiger partial charge in [-0.3, -0.25) is 4.79 Å². The predicted octanol–water partition coefficient (Wildman–Crippen LogP) is 1.02. The molecule has 0 aromatic heterocycles. The molecule has 6 N–H and O–H groups in total. The van der Waals surface area contributed by atoms with Crippen LogP contribution in [0.3, 0.4) is 0 Å². The number of nitrogen functional groups attached to an aromatic ring is 2. The number of allylic oxidation sites excluding steroid dienone is 1. The topological polar surface area (TPSA) is 145 Å². The maximum Gasteiger partial charge on any atom is 0.353 e. The minimum Gasteiger partial charge on any atom is -0.506 e. The van der Waals surface area contributed by atoms with Gasteiger partial charge in [0, 0.05) is 22.8 Å². The lowest BCUT2D eigenvalue weighted by Gasteiger charge is -2.18. The Labute approximate surface area is 131 Å². The van der Waals surface area contributed by atoms with Crippen LogP contribution in [0.25, 0.3) is 0 Å². The van der Waals surface area contributed by atoms with Crippen molar-refractivity contribution in [3.63, 3.8) is 0 Å². The van der Waals surface area contributed by atoms with E-state index < -0.39 is 29.1 Å². The van der Waals surface area contributed by atoms with E-state index in [9.17, 15) is 19.5 Å². The molecule has 2 rings (SSSR count). The van der Waals surface area contributed by atoms with Gasteiger partial charge in [-0.25, -0.2) is 9.59 Å². The largest absolute Gasteiger partial charge is 0.506 e. The predicted molar refractivity (Wildman–Crippen MR) is 83.0 cm³/mol. The van der Waals surface area contributed by atoms with Gasteiger partial charge in [-0.2, -0.15) is 0 Å². The number of aliphatic hydroxyl groups excluding tert-OH is 1. The molecule has 0 bridgehead atoms. The third kappa shape index (κ3) is 3.15. The second-order valence-electron chi connectivity index (χ2n) is 4.97. The van der Waals surface area contributed by atoms with E-state index in [1.165, 1.54) is 6.92 Å². The molecule has 120 valence electrons. The van der Waals surface area contributed by atoms with Crippen molar-refractivity contribution in [1.29, 1.82) is 0 Å². The summed E-state index contributed by atoms with van der Waals surface area (Å²) in [6.07, 6.45) is 0. The van der Waals surface area contributed by atoms with E-state index in [1.807, 2.05) is 0 Å². The van der Waals surface area contributed by atoms with Crippen molar-refractivity contribution in [2.75, 3.05) is 16.8 Å². The van der Waals surface area contributed by atoms with E-state index in [0.717, 1.165) is 6.92 Å². The molecule has 0 aliphatic carbocycles. The number of hydrogen-bond acceptors (Lipinski definition) is 8. The zero-order valence-electron chi connectivity index (χ0n) is 12.5. The summed E-state index contributed by atoms with van der Waals surface area (Å²) < 4.78 is 4.49. The minimum atomic E-state index is -1.18. The fourth-order valence-electron chi connectivity index (χ4n) is 2.17. The number of ketones is 1. The molecular formula is C15H15N3O5. The number of benzene rings is 1. The normalized spacial score (nSPS) is 17.0. The number of carbonyl (C=O) groups is 3. The molecule has 0 fully saturated rings. The number of nitrogens with two attached hydrogens (primary N) is 2. The Morgan fingerprint density at radius 2 is 1.65 bits per heavy atom. The van der Waals surface area contributed by atoms with E-state index in [4.69, 9.17) is 11.5 Å². The van der Waals surface area contributed by atoms with Crippen LogP contribution in [-0.2, 0) is 19.1 Å². The second kappa shape index (κ2) is 5.84. The fourth-order valence-corrected chi connectivity index (χ4v) is 2.17. The number of rotatable bonds is 3. The van der Waals surface area contributed by atoms with Gasteiger partial charge in [-0.15, -0.1) is 0 Å². The summed E-state index contributed by atoms with van der Waals surface area (Å²) in [5, 5.41) is 12.9. The molecule has 0 radical (unpaired) electrons. The Kier molecular flexibility index (Phi) is 4.08. The third-order valence-corrected chi connectivity index (χ3v) is 3.10. The highest BCUT2D eigenvalue weighted by molar-refractivity contribution is 6.23. The molecule has 8 heteroatoms. The summed E-state index contributed by atoms with van der Waals surface area (Å²) in [5.41, 5.74) is 11.9. The first-order chi connectivity index (χ1) is 10.7. The molecule has 1 aromatic carbocycles. The average Bonchev–Trinajstić information content (AvgIpc) is 2.35. The highest BCUT2D eigenvalue weighted by Gasteiger charge is 2.36. The number of esters is 2. The van der Waals surface area contributed by atoms with Gasteiger partial charge in [0.2, 0.25) is 0 Å². The molecule has 1 aliphatic heterocycles. The molecule has 8 nitrogen and oxygen atoms in total. The summed E-state index contributed by atoms with van der Waals surface area (Å²) in [6.45, 7) is 2.56. The minimum absolute atomic E-state index is 0.170. The van der Waals surface area contributed by atoms with Gasteiger partial charge in [-0.05, 0) is 32.0 Å². The van der Waals surface area contributed by atoms with Crippen molar-refractivity contribution in [3.05, 3.63) is 40.8 Å². The lowest BCUT2D eigenvalue weighted by molar-refractivity contribution is -0.155. The Bertz CT molecular complexity index is 772.